The molecule has 0 saturated carbocycles. The third-order valence-corrected chi connectivity index (χ3v) is 8.28. The minimum atomic E-state index is -3.85. The van der Waals surface area contributed by atoms with E-state index in [0.29, 0.717) is 29.2 Å². The van der Waals surface area contributed by atoms with Crippen LogP contribution < -0.4 is 9.21 Å². The molecule has 0 spiro atoms. The van der Waals surface area contributed by atoms with Crippen LogP contribution in [0.3, 0.4) is 0 Å². The third kappa shape index (κ3) is 5.57. The van der Waals surface area contributed by atoms with E-state index in [1.165, 1.54) is 6.07 Å². The minimum absolute atomic E-state index is 0.130. The number of rotatable bonds is 6. The molecule has 8 nitrogen and oxygen atoms in total. The Hall–Kier alpha value is -2.95. The molecular weight excluding hydrogens is 526 g/mol. The molecule has 38 heavy (non-hydrogen) atoms. The molecule has 1 aromatic heterocycles. The van der Waals surface area contributed by atoms with Crippen molar-refractivity contribution in [3.05, 3.63) is 94.3 Å². The van der Waals surface area contributed by atoms with Gasteiger partial charge in [-0.15, -0.1) is 4.47 Å². The van der Waals surface area contributed by atoms with Gasteiger partial charge in [-0.3, -0.25) is 10.2 Å². The van der Waals surface area contributed by atoms with E-state index in [1.54, 1.807) is 18.3 Å². The van der Waals surface area contributed by atoms with Gasteiger partial charge in [-0.05, 0) is 66.8 Å². The third-order valence-electron chi connectivity index (χ3n) is 7.19. The van der Waals surface area contributed by atoms with Crippen molar-refractivity contribution in [2.45, 2.75) is 31.5 Å². The number of hydrogen-bond donors (Lipinski definition) is 2. The molecule has 0 aliphatic carbocycles. The predicted molar refractivity (Wildman–Crippen MR) is 147 cm³/mol. The number of fused-ring (bicyclic) bond motifs is 2. The molecule has 2 aliphatic heterocycles. The smallest absolute Gasteiger partial charge is 0.254 e. The Morgan fingerprint density at radius 1 is 1.13 bits per heavy atom. The van der Waals surface area contributed by atoms with Crippen LogP contribution in [0.2, 0.25) is 5.02 Å². The van der Waals surface area contributed by atoms with E-state index in [4.69, 9.17) is 16.3 Å². The van der Waals surface area contributed by atoms with Gasteiger partial charge in [0.25, 0.3) is 10.0 Å². The second-order valence-corrected chi connectivity index (χ2v) is 12.0. The van der Waals surface area contributed by atoms with Gasteiger partial charge in [-0.1, -0.05) is 35.9 Å². The molecule has 2 aromatic carbocycles. The number of hydrogen-bond acceptors (Lipinski definition) is 7. The van der Waals surface area contributed by atoms with Crippen molar-refractivity contribution in [2.24, 2.45) is 0 Å². The second-order valence-electron chi connectivity index (χ2n) is 9.76. The van der Waals surface area contributed by atoms with Crippen LogP contribution in [0.15, 0.2) is 66.9 Å². The molecule has 10 heteroatoms. The number of sulfonamides is 1. The van der Waals surface area contributed by atoms with E-state index in [-0.39, 0.29) is 16.8 Å². The average Bonchev–Trinajstić information content (AvgIpc) is 3.06. The molecule has 3 aromatic rings. The molecule has 0 radical (unpaired) electrons. The predicted octanol–water partition coefficient (Wildman–Crippen LogP) is 4.59. The summed E-state index contributed by atoms with van der Waals surface area (Å²) in [5.74, 6) is 0.589. The molecule has 2 N–H and O–H groups in total. The summed E-state index contributed by atoms with van der Waals surface area (Å²) < 4.78 is 30.1. The van der Waals surface area contributed by atoms with Gasteiger partial charge < -0.3 is 14.7 Å². The van der Waals surface area contributed by atoms with Crippen LogP contribution in [-0.2, 0) is 22.2 Å². The van der Waals surface area contributed by atoms with Crippen LogP contribution >= 0.6 is 11.6 Å². The van der Waals surface area contributed by atoms with E-state index in [1.807, 2.05) is 36.4 Å². The summed E-state index contributed by atoms with van der Waals surface area (Å²) in [4.78, 5) is 6.82. The Morgan fingerprint density at radius 3 is 2.58 bits per heavy atom. The van der Waals surface area contributed by atoms with Gasteiger partial charge in [0, 0.05) is 42.0 Å². The summed E-state index contributed by atoms with van der Waals surface area (Å²) in [6.45, 7) is 2.60. The molecule has 1 fully saturated rings. The molecule has 3 heterocycles. The lowest BCUT2D eigenvalue weighted by molar-refractivity contribution is -0.0254. The van der Waals surface area contributed by atoms with Crippen molar-refractivity contribution in [3.63, 3.8) is 0 Å². The zero-order valence-corrected chi connectivity index (χ0v) is 22.6. The molecule has 1 saturated heterocycles. The topological polar surface area (TPSA) is 103 Å². The van der Waals surface area contributed by atoms with Gasteiger partial charge in [0.1, 0.15) is 12.4 Å². The van der Waals surface area contributed by atoms with Gasteiger partial charge in [-0.2, -0.15) is 0 Å². The van der Waals surface area contributed by atoms with E-state index in [0.717, 1.165) is 54.7 Å². The Bertz CT molecular complexity index is 1450. The normalized spacial score (nSPS) is 18.3. The van der Waals surface area contributed by atoms with Crippen molar-refractivity contribution in [1.29, 1.82) is 0 Å². The average molecular weight is 556 g/mol. The van der Waals surface area contributed by atoms with Crippen molar-refractivity contribution in [1.82, 2.24) is 9.88 Å². The number of halogens is 1. The lowest BCUT2D eigenvalue weighted by Crippen LogP contribution is -2.42. The fourth-order valence-corrected chi connectivity index (χ4v) is 5.68. The summed E-state index contributed by atoms with van der Waals surface area (Å²) >= 11 is 6.01. The standard InChI is InChI=1S/C28H30ClN3O5S/c1-38(35,36)32(34)22-10-11-27-25(18-22)23(24-4-2-14-30-26(24)19-37-27)5-3-15-31-16-12-28(33,13-17-31)20-6-8-21(29)9-7-20/h2,4-11,14,18,33-34H,3,12-13,15-17,19H2,1H3/b23-5+. The molecule has 0 atom stereocenters. The highest BCUT2D eigenvalue weighted by Crippen LogP contribution is 2.39. The maximum Gasteiger partial charge on any atom is 0.254 e. The van der Waals surface area contributed by atoms with E-state index in [2.05, 4.69) is 16.0 Å². The fraction of sp³-hybridized carbons (Fsp3) is 0.321. The largest absolute Gasteiger partial charge is 0.487 e. The van der Waals surface area contributed by atoms with E-state index >= 15 is 0 Å². The second kappa shape index (κ2) is 10.7. The summed E-state index contributed by atoms with van der Waals surface area (Å²) in [6, 6.07) is 16.0. The first-order chi connectivity index (χ1) is 18.1. The minimum Gasteiger partial charge on any atom is -0.487 e. The highest BCUT2D eigenvalue weighted by molar-refractivity contribution is 7.91. The van der Waals surface area contributed by atoms with Crippen LogP contribution in [0.4, 0.5) is 5.69 Å². The van der Waals surface area contributed by atoms with Gasteiger partial charge in [0.15, 0.2) is 0 Å². The van der Waals surface area contributed by atoms with E-state index in [9.17, 15) is 18.7 Å². The van der Waals surface area contributed by atoms with Crippen LogP contribution in [0.25, 0.3) is 5.57 Å². The fourth-order valence-electron chi connectivity index (χ4n) is 5.06. The first-order valence-electron chi connectivity index (χ1n) is 12.5. The van der Waals surface area contributed by atoms with Crippen LogP contribution in [-0.4, -0.2) is 54.5 Å². The SMILES string of the molecule is CS(=O)(=O)N(O)c1ccc2c(c1)/C(=C/CCN1CCC(O)(c3ccc(Cl)cc3)CC1)c1cccnc1CO2. The summed E-state index contributed by atoms with van der Waals surface area (Å²) in [5.41, 5.74) is 3.42. The van der Waals surface area contributed by atoms with Gasteiger partial charge >= 0.3 is 0 Å². The molecule has 2 aliphatic rings. The zero-order chi connectivity index (χ0) is 26.9. The first kappa shape index (κ1) is 26.6. The number of nitrogens with zero attached hydrogens (tertiary/aromatic N) is 3. The number of likely N-dealkylation sites (tertiary alicyclic amines) is 1. The van der Waals surface area contributed by atoms with Crippen LogP contribution in [0.5, 0.6) is 5.75 Å². The quantitative estimate of drug-likeness (QED) is 0.429. The number of benzene rings is 2. The Morgan fingerprint density at radius 2 is 1.87 bits per heavy atom. The number of aliphatic hydroxyl groups is 1. The van der Waals surface area contributed by atoms with Crippen molar-refractivity contribution in [3.8, 4) is 5.75 Å². The summed E-state index contributed by atoms with van der Waals surface area (Å²) in [6.07, 6.45) is 6.76. The number of anilines is 1. The lowest BCUT2D eigenvalue weighted by atomic mass is 9.84. The van der Waals surface area contributed by atoms with Crippen molar-refractivity contribution >= 4 is 32.9 Å². The molecule has 5 rings (SSSR count). The highest BCUT2D eigenvalue weighted by Gasteiger charge is 2.33. The molecular formula is C28H30ClN3O5S. The van der Waals surface area contributed by atoms with Crippen LogP contribution in [0, 0.1) is 0 Å². The monoisotopic (exact) mass is 555 g/mol. The maximum atomic E-state index is 11.9. The maximum absolute atomic E-state index is 11.9. The molecule has 0 bridgehead atoms. The number of pyridine rings is 1. The van der Waals surface area contributed by atoms with Crippen LogP contribution in [0.1, 0.15) is 41.6 Å². The van der Waals surface area contributed by atoms with Gasteiger partial charge in [0.05, 0.1) is 23.2 Å². The molecule has 200 valence electrons. The Labute approximate surface area is 227 Å². The number of piperidine rings is 1. The van der Waals surface area contributed by atoms with Crippen molar-refractivity contribution < 1.29 is 23.5 Å². The highest BCUT2D eigenvalue weighted by atomic mass is 35.5. The lowest BCUT2D eigenvalue weighted by Gasteiger charge is -2.38. The van der Waals surface area contributed by atoms with Gasteiger partial charge in [0.2, 0.25) is 0 Å². The first-order valence-corrected chi connectivity index (χ1v) is 14.7. The Kier molecular flexibility index (Phi) is 7.48. The number of aromatic nitrogens is 1. The molecule has 0 unspecified atom stereocenters. The molecule has 0 amide bonds. The van der Waals surface area contributed by atoms with E-state index < -0.39 is 15.6 Å². The summed E-state index contributed by atoms with van der Waals surface area (Å²) in [7, 11) is -3.85. The Balaban J connectivity index is 1.36. The summed E-state index contributed by atoms with van der Waals surface area (Å²) in [5, 5.41) is 22.1. The number of ether oxygens (including phenoxy) is 1. The van der Waals surface area contributed by atoms with Gasteiger partial charge in [-0.25, -0.2) is 8.42 Å². The zero-order valence-electron chi connectivity index (χ0n) is 21.0. The van der Waals surface area contributed by atoms with Crippen molar-refractivity contribution in [2.75, 3.05) is 30.4 Å².